The van der Waals surface area contributed by atoms with Gasteiger partial charge in [-0.1, -0.05) is 0 Å². The topological polar surface area (TPSA) is 79.7 Å². The molecule has 4 heterocycles. The summed E-state index contributed by atoms with van der Waals surface area (Å²) in [5.74, 6) is 1.05. The fourth-order valence-electron chi connectivity index (χ4n) is 3.78. The summed E-state index contributed by atoms with van der Waals surface area (Å²) in [5, 5.41) is 7.99. The molecule has 1 aliphatic heterocycles. The Bertz CT molecular complexity index is 940. The van der Waals surface area contributed by atoms with Crippen molar-refractivity contribution in [2.45, 2.75) is 39.7 Å². The molecule has 130 valence electrons. The van der Waals surface area contributed by atoms with Crippen LogP contribution in [0.3, 0.4) is 0 Å². The number of hydrogen-bond acceptors (Lipinski definition) is 4. The highest BCUT2D eigenvalue weighted by molar-refractivity contribution is 6.06. The molecule has 1 N–H and O–H groups in total. The molecule has 1 amide bonds. The number of aromatic nitrogens is 5. The predicted molar refractivity (Wildman–Crippen MR) is 94.5 cm³/mol. The Morgan fingerprint density at radius 2 is 2.16 bits per heavy atom. The number of piperidine rings is 1. The Balaban J connectivity index is 1.67. The molecule has 0 saturated carbocycles. The van der Waals surface area contributed by atoms with E-state index < -0.39 is 0 Å². The van der Waals surface area contributed by atoms with Crippen molar-refractivity contribution < 1.29 is 4.79 Å². The highest BCUT2D eigenvalue weighted by Gasteiger charge is 2.28. The minimum atomic E-state index is 0.0578. The number of pyridine rings is 1. The number of aromatic amines is 1. The zero-order valence-corrected chi connectivity index (χ0v) is 14.8. The van der Waals surface area contributed by atoms with Crippen molar-refractivity contribution in [1.82, 2.24) is 29.6 Å². The highest BCUT2D eigenvalue weighted by atomic mass is 16.2. The van der Waals surface area contributed by atoms with Gasteiger partial charge in [0.25, 0.3) is 5.91 Å². The molecule has 7 nitrogen and oxygen atoms in total. The quantitative estimate of drug-likeness (QED) is 0.779. The first-order chi connectivity index (χ1) is 12.0. The lowest BCUT2D eigenvalue weighted by molar-refractivity contribution is 0.0680. The van der Waals surface area contributed by atoms with E-state index in [0.717, 1.165) is 42.0 Å². The number of imidazole rings is 1. The second kappa shape index (κ2) is 5.98. The van der Waals surface area contributed by atoms with Crippen LogP contribution in [0.5, 0.6) is 0 Å². The summed E-state index contributed by atoms with van der Waals surface area (Å²) in [6.45, 7) is 7.31. The maximum absolute atomic E-state index is 13.2. The Morgan fingerprint density at radius 3 is 2.92 bits per heavy atom. The molecule has 0 spiro atoms. The summed E-state index contributed by atoms with van der Waals surface area (Å²) >= 11 is 0. The van der Waals surface area contributed by atoms with E-state index in [1.54, 1.807) is 0 Å². The van der Waals surface area contributed by atoms with Gasteiger partial charge in [-0.2, -0.15) is 5.10 Å². The summed E-state index contributed by atoms with van der Waals surface area (Å²) in [4.78, 5) is 23.9. The summed E-state index contributed by atoms with van der Waals surface area (Å²) in [6, 6.07) is 2.16. The van der Waals surface area contributed by atoms with Crippen LogP contribution in [-0.2, 0) is 0 Å². The Hall–Kier alpha value is -2.70. The zero-order chi connectivity index (χ0) is 17.6. The van der Waals surface area contributed by atoms with Gasteiger partial charge >= 0.3 is 0 Å². The van der Waals surface area contributed by atoms with Crippen molar-refractivity contribution in [2.24, 2.45) is 0 Å². The fourth-order valence-corrected chi connectivity index (χ4v) is 3.78. The number of nitrogens with zero attached hydrogens (tertiary/aromatic N) is 5. The molecule has 1 fully saturated rings. The summed E-state index contributed by atoms with van der Waals surface area (Å²) in [5.41, 5.74) is 2.99. The summed E-state index contributed by atoms with van der Waals surface area (Å²) < 4.78 is 2.18. The molecular formula is C18H22N6O. The lowest BCUT2D eigenvalue weighted by atomic mass is 10.0. The van der Waals surface area contributed by atoms with Gasteiger partial charge in [0.05, 0.1) is 17.0 Å². The SMILES string of the molecule is Cc1cc(C(=O)N2CCCC(n3ccnc3C)C2)c2c(C)[nH]nc2n1. The first-order valence-corrected chi connectivity index (χ1v) is 8.65. The fraction of sp³-hybridized carbons (Fsp3) is 0.444. The largest absolute Gasteiger partial charge is 0.337 e. The average molecular weight is 338 g/mol. The van der Waals surface area contributed by atoms with Crippen LogP contribution >= 0.6 is 0 Å². The third kappa shape index (κ3) is 2.69. The zero-order valence-electron chi connectivity index (χ0n) is 14.8. The normalized spacial score (nSPS) is 18.0. The Kier molecular flexibility index (Phi) is 3.78. The van der Waals surface area contributed by atoms with Crippen LogP contribution < -0.4 is 0 Å². The molecule has 0 aromatic carbocycles. The molecule has 3 aromatic heterocycles. The molecule has 0 aliphatic carbocycles. The molecule has 1 unspecified atom stereocenters. The van der Waals surface area contributed by atoms with Crippen LogP contribution in [0, 0.1) is 20.8 Å². The van der Waals surface area contributed by atoms with E-state index in [4.69, 9.17) is 0 Å². The molecule has 0 bridgehead atoms. The molecule has 0 radical (unpaired) electrons. The van der Waals surface area contributed by atoms with E-state index in [1.807, 2.05) is 44.1 Å². The summed E-state index contributed by atoms with van der Waals surface area (Å²) in [7, 11) is 0. The van der Waals surface area contributed by atoms with E-state index in [1.165, 1.54) is 0 Å². The number of nitrogens with one attached hydrogen (secondary N) is 1. The number of fused-ring (bicyclic) bond motifs is 1. The molecule has 1 saturated heterocycles. The molecule has 1 aliphatic rings. The van der Waals surface area contributed by atoms with Crippen LogP contribution in [0.2, 0.25) is 0 Å². The molecule has 25 heavy (non-hydrogen) atoms. The van der Waals surface area contributed by atoms with Gasteiger partial charge in [0, 0.05) is 36.9 Å². The van der Waals surface area contributed by atoms with Gasteiger partial charge in [-0.15, -0.1) is 0 Å². The van der Waals surface area contributed by atoms with E-state index in [-0.39, 0.29) is 11.9 Å². The van der Waals surface area contributed by atoms with Crippen molar-refractivity contribution in [3.05, 3.63) is 41.2 Å². The Morgan fingerprint density at radius 1 is 1.32 bits per heavy atom. The van der Waals surface area contributed by atoms with Gasteiger partial charge < -0.3 is 9.47 Å². The van der Waals surface area contributed by atoms with E-state index in [9.17, 15) is 4.79 Å². The Labute approximate surface area is 146 Å². The number of carbonyl (C=O) groups is 1. The highest BCUT2D eigenvalue weighted by Crippen LogP contribution is 2.26. The van der Waals surface area contributed by atoms with Crippen molar-refractivity contribution in [3.8, 4) is 0 Å². The van der Waals surface area contributed by atoms with Crippen LogP contribution in [0.25, 0.3) is 11.0 Å². The monoisotopic (exact) mass is 338 g/mol. The van der Waals surface area contributed by atoms with Gasteiger partial charge in [0.15, 0.2) is 5.65 Å². The van der Waals surface area contributed by atoms with Gasteiger partial charge in [-0.05, 0) is 39.7 Å². The van der Waals surface area contributed by atoms with Crippen LogP contribution in [0.4, 0.5) is 0 Å². The standard InChI is InChI=1S/C18H22N6O/c1-11-9-15(16-12(2)21-22-17(16)20-11)18(25)23-7-4-5-14(10-23)24-8-6-19-13(24)3/h6,8-9,14H,4-5,7,10H2,1-3H3,(H,20,21,22). The van der Waals surface area contributed by atoms with E-state index in [2.05, 4.69) is 24.7 Å². The van der Waals surface area contributed by atoms with E-state index >= 15 is 0 Å². The summed E-state index contributed by atoms with van der Waals surface area (Å²) in [6.07, 6.45) is 5.88. The maximum Gasteiger partial charge on any atom is 0.254 e. The van der Waals surface area contributed by atoms with Gasteiger partial charge in [0.1, 0.15) is 5.82 Å². The molecule has 7 heteroatoms. The van der Waals surface area contributed by atoms with Crippen LogP contribution in [-0.4, -0.2) is 48.6 Å². The molecular weight excluding hydrogens is 316 g/mol. The number of carbonyl (C=O) groups excluding carboxylic acids is 1. The lowest BCUT2D eigenvalue weighted by Crippen LogP contribution is -2.41. The smallest absolute Gasteiger partial charge is 0.254 e. The number of rotatable bonds is 2. The molecule has 4 rings (SSSR count). The van der Waals surface area contributed by atoms with Crippen LogP contribution in [0.1, 0.15) is 46.5 Å². The lowest BCUT2D eigenvalue weighted by Gasteiger charge is -2.34. The number of H-pyrrole nitrogens is 1. The second-order valence-corrected chi connectivity index (χ2v) is 6.79. The minimum absolute atomic E-state index is 0.0578. The third-order valence-corrected chi connectivity index (χ3v) is 5.00. The number of amides is 1. The van der Waals surface area contributed by atoms with Crippen molar-refractivity contribution >= 4 is 16.9 Å². The van der Waals surface area contributed by atoms with Crippen LogP contribution in [0.15, 0.2) is 18.5 Å². The number of likely N-dealkylation sites (tertiary alicyclic amines) is 1. The average Bonchev–Trinajstić information content (AvgIpc) is 3.19. The first-order valence-electron chi connectivity index (χ1n) is 8.65. The maximum atomic E-state index is 13.2. The minimum Gasteiger partial charge on any atom is -0.337 e. The van der Waals surface area contributed by atoms with Crippen molar-refractivity contribution in [1.29, 1.82) is 0 Å². The first kappa shape index (κ1) is 15.8. The van der Waals surface area contributed by atoms with Crippen molar-refractivity contribution in [3.63, 3.8) is 0 Å². The van der Waals surface area contributed by atoms with Gasteiger partial charge in [-0.3, -0.25) is 9.89 Å². The van der Waals surface area contributed by atoms with Gasteiger partial charge in [0.2, 0.25) is 0 Å². The van der Waals surface area contributed by atoms with Gasteiger partial charge in [-0.25, -0.2) is 9.97 Å². The number of hydrogen-bond donors (Lipinski definition) is 1. The van der Waals surface area contributed by atoms with E-state index in [0.29, 0.717) is 17.8 Å². The number of aryl methyl sites for hydroxylation is 3. The third-order valence-electron chi connectivity index (χ3n) is 5.00. The predicted octanol–water partition coefficient (Wildman–Crippen LogP) is 2.56. The molecule has 3 aromatic rings. The second-order valence-electron chi connectivity index (χ2n) is 6.79. The van der Waals surface area contributed by atoms with Crippen molar-refractivity contribution in [2.75, 3.05) is 13.1 Å². The molecule has 1 atom stereocenters.